The molecule has 7 aliphatic rings. The number of fused-ring (bicyclic) bond motifs is 2. The van der Waals surface area contributed by atoms with Crippen LogP contribution in [0.5, 0.6) is 0 Å². The molecule has 9 rings (SSSR count). The van der Waals surface area contributed by atoms with Crippen LogP contribution in [0, 0.1) is 11.3 Å². The van der Waals surface area contributed by atoms with Gasteiger partial charge in [-0.15, -0.1) is 0 Å². The number of nitrogens with zero attached hydrogens (tertiary/aromatic N) is 6. The molecule has 1 aromatic carbocycles. The summed E-state index contributed by atoms with van der Waals surface area (Å²) in [6, 6.07) is 5.27. The molecule has 57 heavy (non-hydrogen) atoms. The number of piperidine rings is 3. The summed E-state index contributed by atoms with van der Waals surface area (Å²) in [4.78, 5) is 64.5. The van der Waals surface area contributed by atoms with Crippen LogP contribution in [-0.4, -0.2) is 120 Å². The fraction of sp³-hybridized carbons (Fsp3) is 0.650. The summed E-state index contributed by atoms with van der Waals surface area (Å²) in [5.74, 6) is 1.28. The summed E-state index contributed by atoms with van der Waals surface area (Å²) in [6.07, 6.45) is 10.4. The summed E-state index contributed by atoms with van der Waals surface area (Å²) in [7, 11) is -1.83. The van der Waals surface area contributed by atoms with Gasteiger partial charge >= 0.3 is 0 Å². The molecule has 1 aromatic heterocycles. The lowest BCUT2D eigenvalue weighted by Gasteiger charge is -2.54. The van der Waals surface area contributed by atoms with Gasteiger partial charge in [0.2, 0.25) is 29.6 Å². The smallest absolute Gasteiger partial charge is 0.282 e. The van der Waals surface area contributed by atoms with E-state index in [1.807, 2.05) is 34.2 Å². The van der Waals surface area contributed by atoms with E-state index in [1.165, 1.54) is 0 Å². The molecule has 4 N–H and O–H groups in total. The van der Waals surface area contributed by atoms with Gasteiger partial charge in [-0.25, -0.2) is 4.98 Å². The number of carbonyl (C=O) groups excluding carboxylic acids is 4. The maximum atomic E-state index is 13.8. The normalized spacial score (nSPS) is 27.3. The molecule has 2 spiro atoms. The first-order chi connectivity index (χ1) is 27.4. The first-order valence-corrected chi connectivity index (χ1v) is 22.2. The molecule has 0 radical (unpaired) electrons. The van der Waals surface area contributed by atoms with E-state index in [0.29, 0.717) is 76.1 Å². The fourth-order valence-electron chi connectivity index (χ4n) is 10.3. The average molecular weight is 803 g/mol. The number of amides is 4. The topological polar surface area (TPSA) is 189 Å². The van der Waals surface area contributed by atoms with Crippen molar-refractivity contribution in [3.8, 4) is 0 Å². The zero-order valence-corrected chi connectivity index (χ0v) is 33.7. The van der Waals surface area contributed by atoms with E-state index in [0.717, 1.165) is 67.6 Å². The van der Waals surface area contributed by atoms with Crippen molar-refractivity contribution in [1.29, 1.82) is 0 Å². The Morgan fingerprint density at radius 1 is 0.947 bits per heavy atom. The van der Waals surface area contributed by atoms with Crippen LogP contribution in [0.4, 0.5) is 23.1 Å². The number of carbonyl (C=O) groups is 4. The van der Waals surface area contributed by atoms with Gasteiger partial charge in [-0.05, 0) is 75.3 Å². The molecule has 2 saturated carbocycles. The van der Waals surface area contributed by atoms with Crippen LogP contribution < -0.4 is 26.2 Å². The van der Waals surface area contributed by atoms with Gasteiger partial charge < -0.3 is 20.9 Å². The standard InChI is InChI=1S/C40H54N10O6S/c1-25-5-3-8-31(25)50-35-28(40(13-14-40)37(50)54)22-42-38(46-35)43-27-11-17-48(18-12-27)57(55,56)49-23-39(24-49)15-19-47(20-16-39)33(52)21-26-6-4-7-29(34(26)41-2)44-30-9-10-32(51)45-36(30)53/h4,6-7,22,25,27,30-31,41,44H,3,5,8-21,23-24H2,1-2H3,(H,42,43,46)(H,45,51,53). The van der Waals surface area contributed by atoms with Crippen LogP contribution >= 0.6 is 0 Å². The molecule has 4 saturated heterocycles. The number of likely N-dealkylation sites (tertiary alicyclic amines) is 1. The van der Waals surface area contributed by atoms with Gasteiger partial charge in [-0.3, -0.25) is 29.4 Å². The Morgan fingerprint density at radius 3 is 2.37 bits per heavy atom. The first kappa shape index (κ1) is 38.2. The van der Waals surface area contributed by atoms with E-state index in [9.17, 15) is 27.6 Å². The molecule has 6 heterocycles. The van der Waals surface area contributed by atoms with E-state index in [-0.39, 0.29) is 54.0 Å². The van der Waals surface area contributed by atoms with Crippen molar-refractivity contribution < 1.29 is 27.6 Å². The van der Waals surface area contributed by atoms with E-state index in [4.69, 9.17) is 4.98 Å². The summed E-state index contributed by atoms with van der Waals surface area (Å²) < 4.78 is 30.7. The molecule has 17 heteroatoms. The number of benzene rings is 1. The zero-order valence-electron chi connectivity index (χ0n) is 32.9. The second-order valence-corrected chi connectivity index (χ2v) is 19.5. The van der Waals surface area contributed by atoms with Crippen molar-refractivity contribution >= 4 is 57.0 Å². The molecule has 4 amide bonds. The predicted molar refractivity (Wildman–Crippen MR) is 214 cm³/mol. The second-order valence-electron chi connectivity index (χ2n) is 17.6. The van der Waals surface area contributed by atoms with Crippen molar-refractivity contribution in [2.24, 2.45) is 11.3 Å². The summed E-state index contributed by atoms with van der Waals surface area (Å²) in [5.41, 5.74) is 2.67. The highest BCUT2D eigenvalue weighted by atomic mass is 32.2. The van der Waals surface area contributed by atoms with Gasteiger partial charge in [0.25, 0.3) is 10.2 Å². The molecule has 5 aliphatic heterocycles. The highest BCUT2D eigenvalue weighted by Gasteiger charge is 2.62. The zero-order chi connectivity index (χ0) is 39.7. The third kappa shape index (κ3) is 6.82. The average Bonchev–Trinajstić information content (AvgIpc) is 3.83. The number of anilines is 4. The van der Waals surface area contributed by atoms with Gasteiger partial charge in [-0.1, -0.05) is 25.5 Å². The van der Waals surface area contributed by atoms with Gasteiger partial charge in [0.15, 0.2) is 0 Å². The Kier molecular flexibility index (Phi) is 9.70. The first-order valence-electron chi connectivity index (χ1n) is 20.8. The Hall–Kier alpha value is -4.35. The second kappa shape index (κ2) is 14.5. The predicted octanol–water partition coefficient (Wildman–Crippen LogP) is 2.59. The molecular weight excluding hydrogens is 749 g/mol. The molecule has 2 aromatic rings. The van der Waals surface area contributed by atoms with Crippen molar-refractivity contribution in [2.75, 3.05) is 67.2 Å². The molecule has 16 nitrogen and oxygen atoms in total. The van der Waals surface area contributed by atoms with Gasteiger partial charge in [0, 0.05) is 82.0 Å². The lowest BCUT2D eigenvalue weighted by Crippen LogP contribution is -2.64. The number of hydrogen-bond acceptors (Lipinski definition) is 11. The molecule has 2 aliphatic carbocycles. The van der Waals surface area contributed by atoms with E-state index in [1.54, 1.807) is 15.7 Å². The molecule has 3 unspecified atom stereocenters. The van der Waals surface area contributed by atoms with Crippen LogP contribution in [0.1, 0.15) is 88.7 Å². The van der Waals surface area contributed by atoms with Crippen LogP contribution in [0.2, 0.25) is 0 Å². The molecular formula is C40H54N10O6S. The number of hydrogen-bond donors (Lipinski definition) is 4. The molecule has 306 valence electrons. The Balaban J connectivity index is 0.754. The minimum Gasteiger partial charge on any atom is -0.386 e. The fourth-order valence-corrected chi connectivity index (χ4v) is 12.1. The Bertz CT molecular complexity index is 2070. The van der Waals surface area contributed by atoms with Crippen molar-refractivity contribution in [3.05, 3.63) is 35.5 Å². The quantitative estimate of drug-likeness (QED) is 0.259. The summed E-state index contributed by atoms with van der Waals surface area (Å²) in [6.45, 7) is 5.12. The summed E-state index contributed by atoms with van der Waals surface area (Å²) in [5, 5.41) is 12.3. The van der Waals surface area contributed by atoms with E-state index >= 15 is 0 Å². The number of aromatic nitrogens is 2. The van der Waals surface area contributed by atoms with Crippen molar-refractivity contribution in [1.82, 2.24) is 28.8 Å². The van der Waals surface area contributed by atoms with Gasteiger partial charge in [0.1, 0.15) is 11.9 Å². The van der Waals surface area contributed by atoms with Gasteiger partial charge in [-0.2, -0.15) is 22.0 Å². The van der Waals surface area contributed by atoms with E-state index in [2.05, 4.69) is 33.2 Å². The van der Waals surface area contributed by atoms with Crippen molar-refractivity contribution in [2.45, 2.75) is 108 Å². The SMILES string of the molecule is CNc1c(CC(=O)N2CCC3(CC2)CN(S(=O)(=O)N2CCC(Nc4ncc5c(n4)N(C4CCCC4C)C(=O)C54CC4)CC2)C3)cccc1NC1CCC(=O)NC1=O. The number of nitrogens with one attached hydrogen (secondary N) is 4. The monoisotopic (exact) mass is 802 g/mol. The van der Waals surface area contributed by atoms with Crippen LogP contribution in [0.15, 0.2) is 24.4 Å². The molecule has 3 atom stereocenters. The van der Waals surface area contributed by atoms with Crippen LogP contribution in [-0.2, 0) is 41.2 Å². The summed E-state index contributed by atoms with van der Waals surface area (Å²) >= 11 is 0. The maximum absolute atomic E-state index is 13.8. The highest BCUT2D eigenvalue weighted by Crippen LogP contribution is 2.58. The molecule has 0 bridgehead atoms. The minimum absolute atomic E-state index is 0.00568. The Labute approximate surface area is 334 Å². The third-order valence-electron chi connectivity index (χ3n) is 14.0. The van der Waals surface area contributed by atoms with Crippen LogP contribution in [0.25, 0.3) is 0 Å². The van der Waals surface area contributed by atoms with Crippen LogP contribution in [0.3, 0.4) is 0 Å². The van der Waals surface area contributed by atoms with E-state index < -0.39 is 21.7 Å². The molecule has 6 fully saturated rings. The van der Waals surface area contributed by atoms with Gasteiger partial charge in [0.05, 0.1) is 23.2 Å². The minimum atomic E-state index is -3.61. The number of imide groups is 1. The Morgan fingerprint density at radius 2 is 1.70 bits per heavy atom. The van der Waals surface area contributed by atoms with Crippen molar-refractivity contribution in [3.63, 3.8) is 0 Å². The number of rotatable bonds is 10. The number of para-hydroxylation sites is 1. The maximum Gasteiger partial charge on any atom is 0.282 e. The lowest BCUT2D eigenvalue weighted by molar-refractivity contribution is -0.135. The largest absolute Gasteiger partial charge is 0.386 e. The lowest BCUT2D eigenvalue weighted by atomic mass is 9.73. The highest BCUT2D eigenvalue weighted by molar-refractivity contribution is 7.86. The third-order valence-corrected chi connectivity index (χ3v) is 15.9.